The second kappa shape index (κ2) is 6.38. The van der Waals surface area contributed by atoms with Crippen LogP contribution in [0, 0.1) is 5.92 Å². The molecule has 3 rings (SSSR count). The highest BCUT2D eigenvalue weighted by molar-refractivity contribution is 4.84. The molecule has 0 aromatic heterocycles. The lowest BCUT2D eigenvalue weighted by atomic mass is 9.84. The predicted octanol–water partition coefficient (Wildman–Crippen LogP) is 3.17. The lowest BCUT2D eigenvalue weighted by Gasteiger charge is -2.39. The van der Waals surface area contributed by atoms with Crippen LogP contribution in [0.15, 0.2) is 0 Å². The van der Waals surface area contributed by atoms with E-state index in [1.54, 1.807) is 0 Å². The normalized spacial score (nSPS) is 32.3. The van der Waals surface area contributed by atoms with Crippen molar-refractivity contribution in [3.63, 3.8) is 0 Å². The highest BCUT2D eigenvalue weighted by Gasteiger charge is 2.26. The highest BCUT2D eigenvalue weighted by Crippen LogP contribution is 2.28. The van der Waals surface area contributed by atoms with Crippen molar-refractivity contribution in [1.82, 2.24) is 10.2 Å². The predicted molar refractivity (Wildman–Crippen MR) is 76.8 cm³/mol. The van der Waals surface area contributed by atoms with Gasteiger partial charge in [-0.2, -0.15) is 0 Å². The Hall–Kier alpha value is -0.0800. The van der Waals surface area contributed by atoms with E-state index in [-0.39, 0.29) is 0 Å². The first-order valence-electron chi connectivity index (χ1n) is 8.38. The van der Waals surface area contributed by atoms with Crippen molar-refractivity contribution in [3.8, 4) is 0 Å². The van der Waals surface area contributed by atoms with Gasteiger partial charge in [0, 0.05) is 25.2 Å². The van der Waals surface area contributed by atoms with Crippen LogP contribution in [-0.4, -0.2) is 36.6 Å². The van der Waals surface area contributed by atoms with Gasteiger partial charge in [0.25, 0.3) is 0 Å². The molecule has 0 amide bonds. The van der Waals surface area contributed by atoms with Gasteiger partial charge in [0.05, 0.1) is 0 Å². The van der Waals surface area contributed by atoms with E-state index in [0.29, 0.717) is 0 Å². The van der Waals surface area contributed by atoms with Crippen LogP contribution in [-0.2, 0) is 0 Å². The fraction of sp³-hybridized carbons (Fsp3) is 1.00. The van der Waals surface area contributed by atoms with Crippen LogP contribution in [0.2, 0.25) is 0 Å². The van der Waals surface area contributed by atoms with Gasteiger partial charge in [-0.3, -0.25) is 0 Å². The van der Waals surface area contributed by atoms with Gasteiger partial charge in [-0.05, 0) is 51.0 Å². The third-order valence-corrected chi connectivity index (χ3v) is 5.32. The smallest absolute Gasteiger partial charge is 0.0198 e. The molecule has 2 saturated carbocycles. The minimum atomic E-state index is 0.793. The molecule has 1 N–H and O–H groups in total. The Morgan fingerprint density at radius 2 is 1.56 bits per heavy atom. The molecule has 3 fully saturated rings. The van der Waals surface area contributed by atoms with Crippen LogP contribution < -0.4 is 5.32 Å². The summed E-state index contributed by atoms with van der Waals surface area (Å²) in [5.74, 6) is 1.04. The number of piperidine rings is 1. The summed E-state index contributed by atoms with van der Waals surface area (Å²) in [4.78, 5) is 2.74. The lowest BCUT2D eigenvalue weighted by Crippen LogP contribution is -2.50. The summed E-state index contributed by atoms with van der Waals surface area (Å²) in [7, 11) is 0. The second-order valence-corrected chi connectivity index (χ2v) is 6.90. The minimum absolute atomic E-state index is 0.793. The summed E-state index contributed by atoms with van der Waals surface area (Å²) in [6.07, 6.45) is 14.5. The van der Waals surface area contributed by atoms with Crippen molar-refractivity contribution < 1.29 is 0 Å². The fourth-order valence-electron chi connectivity index (χ4n) is 4.00. The molecule has 0 radical (unpaired) electrons. The average Bonchev–Trinajstić information content (AvgIpc) is 2.36. The van der Waals surface area contributed by atoms with Crippen LogP contribution in [0.25, 0.3) is 0 Å². The average molecular weight is 250 g/mol. The standard InChI is InChI=1S/C16H30N2/c1-2-8-15(9-3-1)17-16-10-5-11-18(13-16)12-14-6-4-7-14/h14-17H,1-13H2. The van der Waals surface area contributed by atoms with E-state index in [0.717, 1.165) is 18.0 Å². The molecule has 0 bridgehead atoms. The van der Waals surface area contributed by atoms with Crippen molar-refractivity contribution in [2.24, 2.45) is 5.92 Å². The SMILES string of the molecule is C1CCC(NC2CCCN(CC3CCC3)C2)CC1. The Balaban J connectivity index is 1.41. The third kappa shape index (κ3) is 3.48. The number of hydrogen-bond donors (Lipinski definition) is 1. The number of nitrogens with one attached hydrogen (secondary N) is 1. The first-order valence-corrected chi connectivity index (χ1v) is 8.38. The van der Waals surface area contributed by atoms with Crippen LogP contribution in [0.4, 0.5) is 0 Å². The summed E-state index contributed by atoms with van der Waals surface area (Å²) < 4.78 is 0. The summed E-state index contributed by atoms with van der Waals surface area (Å²) in [5.41, 5.74) is 0. The zero-order valence-corrected chi connectivity index (χ0v) is 11.9. The largest absolute Gasteiger partial charge is 0.310 e. The molecule has 18 heavy (non-hydrogen) atoms. The van der Waals surface area contributed by atoms with Gasteiger partial charge in [0.2, 0.25) is 0 Å². The van der Waals surface area contributed by atoms with Crippen LogP contribution in [0.1, 0.15) is 64.2 Å². The van der Waals surface area contributed by atoms with Gasteiger partial charge in [-0.15, -0.1) is 0 Å². The van der Waals surface area contributed by atoms with Gasteiger partial charge < -0.3 is 10.2 Å². The molecule has 0 aromatic rings. The van der Waals surface area contributed by atoms with Gasteiger partial charge >= 0.3 is 0 Å². The number of hydrogen-bond acceptors (Lipinski definition) is 2. The zero-order chi connectivity index (χ0) is 12.2. The molecule has 0 aromatic carbocycles. The summed E-state index contributed by atoms with van der Waals surface area (Å²) in [6.45, 7) is 4.08. The van der Waals surface area contributed by atoms with Crippen LogP contribution in [0.3, 0.4) is 0 Å². The van der Waals surface area contributed by atoms with Gasteiger partial charge in [0.15, 0.2) is 0 Å². The van der Waals surface area contributed by atoms with E-state index in [9.17, 15) is 0 Å². The maximum Gasteiger partial charge on any atom is 0.0198 e. The Bertz CT molecular complexity index is 243. The number of nitrogens with zero attached hydrogens (tertiary/aromatic N) is 1. The molecule has 1 atom stereocenters. The summed E-state index contributed by atoms with van der Waals surface area (Å²) >= 11 is 0. The van der Waals surface area contributed by atoms with E-state index in [1.165, 1.54) is 83.8 Å². The van der Waals surface area contributed by atoms with Gasteiger partial charge in [-0.25, -0.2) is 0 Å². The molecule has 104 valence electrons. The highest BCUT2D eigenvalue weighted by atomic mass is 15.2. The van der Waals surface area contributed by atoms with Crippen LogP contribution in [0.5, 0.6) is 0 Å². The fourth-order valence-corrected chi connectivity index (χ4v) is 4.00. The molecule has 1 unspecified atom stereocenters. The van der Waals surface area contributed by atoms with E-state index < -0.39 is 0 Å². The first-order chi connectivity index (χ1) is 8.90. The topological polar surface area (TPSA) is 15.3 Å². The minimum Gasteiger partial charge on any atom is -0.310 e. The molecule has 0 spiro atoms. The van der Waals surface area contributed by atoms with Gasteiger partial charge in [0.1, 0.15) is 0 Å². The van der Waals surface area contributed by atoms with Crippen molar-refractivity contribution in [3.05, 3.63) is 0 Å². The number of likely N-dealkylation sites (tertiary alicyclic amines) is 1. The van der Waals surface area contributed by atoms with E-state index >= 15 is 0 Å². The van der Waals surface area contributed by atoms with Crippen molar-refractivity contribution in [1.29, 1.82) is 0 Å². The van der Waals surface area contributed by atoms with Crippen molar-refractivity contribution in [2.45, 2.75) is 76.3 Å². The molecule has 3 aliphatic rings. The molecule has 2 nitrogen and oxygen atoms in total. The van der Waals surface area contributed by atoms with Crippen molar-refractivity contribution in [2.75, 3.05) is 19.6 Å². The Morgan fingerprint density at radius 3 is 2.28 bits per heavy atom. The quantitative estimate of drug-likeness (QED) is 0.824. The Morgan fingerprint density at radius 1 is 0.778 bits per heavy atom. The summed E-state index contributed by atoms with van der Waals surface area (Å²) in [5, 5.41) is 3.96. The Labute approximate surface area is 113 Å². The maximum absolute atomic E-state index is 3.96. The second-order valence-electron chi connectivity index (χ2n) is 6.90. The van der Waals surface area contributed by atoms with Crippen LogP contribution >= 0.6 is 0 Å². The first kappa shape index (κ1) is 12.9. The van der Waals surface area contributed by atoms with Gasteiger partial charge in [-0.1, -0.05) is 25.7 Å². The Kier molecular flexibility index (Phi) is 4.58. The molecule has 1 heterocycles. The van der Waals surface area contributed by atoms with E-state index in [2.05, 4.69) is 10.2 Å². The molecule has 2 heteroatoms. The van der Waals surface area contributed by atoms with E-state index in [4.69, 9.17) is 0 Å². The third-order valence-electron chi connectivity index (χ3n) is 5.32. The lowest BCUT2D eigenvalue weighted by molar-refractivity contribution is 0.128. The van der Waals surface area contributed by atoms with Crippen molar-refractivity contribution >= 4 is 0 Å². The molecule has 2 aliphatic carbocycles. The molecule has 1 aliphatic heterocycles. The van der Waals surface area contributed by atoms with E-state index in [1.807, 2.05) is 0 Å². The maximum atomic E-state index is 3.96. The molecule has 1 saturated heterocycles. The zero-order valence-electron chi connectivity index (χ0n) is 11.9. The molecular formula is C16H30N2. The summed E-state index contributed by atoms with van der Waals surface area (Å²) in [6, 6.07) is 1.63. The monoisotopic (exact) mass is 250 g/mol. The number of rotatable bonds is 4. The molecular weight excluding hydrogens is 220 g/mol.